The minimum atomic E-state index is -1.21. The summed E-state index contributed by atoms with van der Waals surface area (Å²) in [6.45, 7) is 0.0324. The Kier molecular flexibility index (Phi) is 4.37. The van der Waals surface area contributed by atoms with Crippen LogP contribution in [-0.2, 0) is 6.61 Å². The zero-order valence-corrected chi connectivity index (χ0v) is 11.3. The zero-order chi connectivity index (χ0) is 14.5. The molecule has 0 saturated carbocycles. The molecule has 1 aromatic heterocycles. The highest BCUT2D eigenvalue weighted by Gasteiger charge is 2.12. The lowest BCUT2D eigenvalue weighted by Crippen LogP contribution is -2.08. The van der Waals surface area contributed by atoms with Crippen molar-refractivity contribution in [2.24, 2.45) is 0 Å². The maximum absolute atomic E-state index is 10.9. The Morgan fingerprint density at radius 1 is 1.40 bits per heavy atom. The SMILES string of the molecule is COc1cccc(OCc2ncc(Cl)c(C(=O)O)n2)c1. The van der Waals surface area contributed by atoms with Crippen LogP contribution in [0.25, 0.3) is 0 Å². The molecule has 0 amide bonds. The molecule has 0 saturated heterocycles. The first kappa shape index (κ1) is 14.1. The largest absolute Gasteiger partial charge is 0.497 e. The number of hydrogen-bond acceptors (Lipinski definition) is 5. The van der Waals surface area contributed by atoms with Gasteiger partial charge in [-0.3, -0.25) is 0 Å². The number of halogens is 1. The highest BCUT2D eigenvalue weighted by Crippen LogP contribution is 2.20. The molecular formula is C13H11ClN2O4. The van der Waals surface area contributed by atoms with Crippen molar-refractivity contribution in [1.82, 2.24) is 9.97 Å². The number of carbonyl (C=O) groups is 1. The van der Waals surface area contributed by atoms with E-state index in [1.807, 2.05) is 0 Å². The molecule has 1 aromatic carbocycles. The van der Waals surface area contributed by atoms with E-state index in [1.54, 1.807) is 31.4 Å². The van der Waals surface area contributed by atoms with E-state index in [9.17, 15) is 4.79 Å². The van der Waals surface area contributed by atoms with Crippen molar-refractivity contribution in [3.63, 3.8) is 0 Å². The van der Waals surface area contributed by atoms with Crippen molar-refractivity contribution in [3.8, 4) is 11.5 Å². The molecule has 2 rings (SSSR count). The van der Waals surface area contributed by atoms with Gasteiger partial charge >= 0.3 is 5.97 Å². The summed E-state index contributed by atoms with van der Waals surface area (Å²) in [6.07, 6.45) is 1.24. The maximum atomic E-state index is 10.9. The maximum Gasteiger partial charge on any atom is 0.356 e. The molecule has 0 fully saturated rings. The van der Waals surface area contributed by atoms with Gasteiger partial charge in [-0.2, -0.15) is 0 Å². The quantitative estimate of drug-likeness (QED) is 0.912. The van der Waals surface area contributed by atoms with E-state index >= 15 is 0 Å². The smallest absolute Gasteiger partial charge is 0.356 e. The van der Waals surface area contributed by atoms with Crippen molar-refractivity contribution in [2.45, 2.75) is 6.61 Å². The summed E-state index contributed by atoms with van der Waals surface area (Å²) >= 11 is 5.68. The highest BCUT2D eigenvalue weighted by atomic mass is 35.5. The Bertz CT molecular complexity index is 634. The monoisotopic (exact) mass is 294 g/mol. The summed E-state index contributed by atoms with van der Waals surface area (Å²) in [6, 6.07) is 7.01. The Labute approximate surface area is 120 Å². The second kappa shape index (κ2) is 6.21. The van der Waals surface area contributed by atoms with Gasteiger partial charge in [-0.15, -0.1) is 0 Å². The minimum Gasteiger partial charge on any atom is -0.497 e. The molecule has 0 spiro atoms. The Balaban J connectivity index is 2.10. The fourth-order valence-electron chi connectivity index (χ4n) is 1.46. The lowest BCUT2D eigenvalue weighted by Gasteiger charge is -2.07. The van der Waals surface area contributed by atoms with Crippen LogP contribution >= 0.6 is 11.6 Å². The number of carboxylic acid groups (broad SMARTS) is 1. The molecule has 20 heavy (non-hydrogen) atoms. The second-order valence-corrected chi connectivity index (χ2v) is 4.16. The fraction of sp³-hybridized carbons (Fsp3) is 0.154. The van der Waals surface area contributed by atoms with Crippen LogP contribution in [0.4, 0.5) is 0 Å². The number of rotatable bonds is 5. The summed E-state index contributed by atoms with van der Waals surface area (Å²) < 4.78 is 10.5. The first-order valence-corrected chi connectivity index (χ1v) is 5.99. The van der Waals surface area contributed by atoms with E-state index in [1.165, 1.54) is 6.20 Å². The molecule has 0 atom stereocenters. The third-order valence-corrected chi connectivity index (χ3v) is 2.68. The number of benzene rings is 1. The van der Waals surface area contributed by atoms with Crippen LogP contribution in [0.1, 0.15) is 16.3 Å². The third kappa shape index (κ3) is 3.36. The van der Waals surface area contributed by atoms with Crippen LogP contribution in [0, 0.1) is 0 Å². The van der Waals surface area contributed by atoms with Crippen molar-refractivity contribution in [1.29, 1.82) is 0 Å². The molecule has 0 aliphatic heterocycles. The van der Waals surface area contributed by atoms with Gasteiger partial charge in [0.05, 0.1) is 18.3 Å². The number of hydrogen-bond donors (Lipinski definition) is 1. The number of methoxy groups -OCH3 is 1. The number of carboxylic acids is 1. The number of ether oxygens (including phenoxy) is 2. The zero-order valence-electron chi connectivity index (χ0n) is 10.5. The number of nitrogens with zero attached hydrogens (tertiary/aromatic N) is 2. The molecule has 1 N–H and O–H groups in total. The summed E-state index contributed by atoms with van der Waals surface area (Å²) in [7, 11) is 1.56. The molecule has 2 aromatic rings. The normalized spacial score (nSPS) is 10.1. The summed E-state index contributed by atoms with van der Waals surface area (Å²) in [4.78, 5) is 18.6. The van der Waals surface area contributed by atoms with E-state index in [-0.39, 0.29) is 23.1 Å². The van der Waals surface area contributed by atoms with E-state index < -0.39 is 5.97 Å². The number of aromatic nitrogens is 2. The molecule has 7 heteroatoms. The summed E-state index contributed by atoms with van der Waals surface area (Å²) in [5.74, 6) is 0.250. The first-order valence-electron chi connectivity index (χ1n) is 5.61. The van der Waals surface area contributed by atoms with Crippen LogP contribution in [0.5, 0.6) is 11.5 Å². The average Bonchev–Trinajstić information content (AvgIpc) is 2.46. The van der Waals surface area contributed by atoms with Crippen molar-refractivity contribution in [3.05, 3.63) is 47.0 Å². The van der Waals surface area contributed by atoms with Crippen LogP contribution in [0.15, 0.2) is 30.5 Å². The molecule has 104 valence electrons. The molecule has 0 unspecified atom stereocenters. The molecular weight excluding hydrogens is 284 g/mol. The Morgan fingerprint density at radius 2 is 2.15 bits per heavy atom. The van der Waals surface area contributed by atoms with Crippen LogP contribution in [0.3, 0.4) is 0 Å². The van der Waals surface area contributed by atoms with E-state index in [2.05, 4.69) is 9.97 Å². The molecule has 0 aliphatic carbocycles. The molecule has 0 aliphatic rings. The van der Waals surface area contributed by atoms with E-state index in [0.717, 1.165) is 0 Å². The Morgan fingerprint density at radius 3 is 2.85 bits per heavy atom. The van der Waals surface area contributed by atoms with Crippen LogP contribution < -0.4 is 9.47 Å². The van der Waals surface area contributed by atoms with Crippen molar-refractivity contribution >= 4 is 17.6 Å². The van der Waals surface area contributed by atoms with Crippen molar-refractivity contribution in [2.75, 3.05) is 7.11 Å². The molecule has 6 nitrogen and oxygen atoms in total. The van der Waals surface area contributed by atoms with Gasteiger partial charge in [0.15, 0.2) is 11.5 Å². The minimum absolute atomic E-state index is 0.0115. The lowest BCUT2D eigenvalue weighted by molar-refractivity contribution is 0.0689. The van der Waals surface area contributed by atoms with Gasteiger partial charge in [0.2, 0.25) is 0 Å². The average molecular weight is 295 g/mol. The Hall–Kier alpha value is -2.34. The van der Waals surface area contributed by atoms with Gasteiger partial charge in [-0.05, 0) is 12.1 Å². The van der Waals surface area contributed by atoms with Gasteiger partial charge in [0.1, 0.15) is 18.1 Å². The van der Waals surface area contributed by atoms with Crippen LogP contribution in [-0.4, -0.2) is 28.2 Å². The topological polar surface area (TPSA) is 81.5 Å². The van der Waals surface area contributed by atoms with Gasteiger partial charge in [0, 0.05) is 6.07 Å². The fourth-order valence-corrected chi connectivity index (χ4v) is 1.63. The molecule has 0 bridgehead atoms. The second-order valence-electron chi connectivity index (χ2n) is 3.76. The van der Waals surface area contributed by atoms with Gasteiger partial charge in [-0.25, -0.2) is 14.8 Å². The van der Waals surface area contributed by atoms with Gasteiger partial charge in [-0.1, -0.05) is 17.7 Å². The lowest BCUT2D eigenvalue weighted by atomic mass is 10.3. The van der Waals surface area contributed by atoms with Gasteiger partial charge < -0.3 is 14.6 Å². The van der Waals surface area contributed by atoms with E-state index in [4.69, 9.17) is 26.2 Å². The van der Waals surface area contributed by atoms with Crippen LogP contribution in [0.2, 0.25) is 5.02 Å². The summed E-state index contributed by atoms with van der Waals surface area (Å²) in [5.41, 5.74) is -0.245. The van der Waals surface area contributed by atoms with E-state index in [0.29, 0.717) is 11.5 Å². The standard InChI is InChI=1S/C13H11ClN2O4/c1-19-8-3-2-4-9(5-8)20-7-11-15-6-10(14)12(16-11)13(17)18/h2-6H,7H2,1H3,(H,17,18). The molecule has 0 radical (unpaired) electrons. The summed E-state index contributed by atoms with van der Waals surface area (Å²) in [5, 5.41) is 8.90. The number of aromatic carboxylic acids is 1. The molecule has 1 heterocycles. The predicted octanol–water partition coefficient (Wildman–Crippen LogP) is 2.42. The van der Waals surface area contributed by atoms with Gasteiger partial charge in [0.25, 0.3) is 0 Å². The van der Waals surface area contributed by atoms with Crippen molar-refractivity contribution < 1.29 is 19.4 Å². The predicted molar refractivity (Wildman–Crippen MR) is 71.3 cm³/mol. The third-order valence-electron chi connectivity index (χ3n) is 2.41. The highest BCUT2D eigenvalue weighted by molar-refractivity contribution is 6.33. The first-order chi connectivity index (χ1) is 9.60.